The Labute approximate surface area is 152 Å². The average molecular weight is 358 g/mol. The van der Waals surface area contributed by atoms with Gasteiger partial charge in [0.15, 0.2) is 0 Å². The number of hydrogen-bond acceptors (Lipinski definition) is 4. The fourth-order valence-corrected chi connectivity index (χ4v) is 3.16. The van der Waals surface area contributed by atoms with Gasteiger partial charge >= 0.3 is 0 Å². The van der Waals surface area contributed by atoms with Crippen molar-refractivity contribution >= 4 is 11.6 Å². The number of ether oxygens (including phenoxy) is 2. The van der Waals surface area contributed by atoms with Gasteiger partial charge in [0.2, 0.25) is 5.91 Å². The lowest BCUT2D eigenvalue weighted by atomic mass is 10.1. The number of halogens is 1. The Hall–Kier alpha value is -2.76. The van der Waals surface area contributed by atoms with Crippen LogP contribution < -0.4 is 14.4 Å². The van der Waals surface area contributed by atoms with Crippen LogP contribution in [0.25, 0.3) is 0 Å². The van der Waals surface area contributed by atoms with Gasteiger partial charge in [-0.3, -0.25) is 4.79 Å². The van der Waals surface area contributed by atoms with Crippen LogP contribution >= 0.6 is 0 Å². The molecule has 2 aromatic rings. The van der Waals surface area contributed by atoms with Crippen LogP contribution in [0.5, 0.6) is 11.5 Å². The third kappa shape index (κ3) is 3.90. The largest absolute Gasteiger partial charge is 0.497 e. The Balaban J connectivity index is 1.62. The highest BCUT2D eigenvalue weighted by Gasteiger charge is 2.23. The molecule has 138 valence electrons. The lowest BCUT2D eigenvalue weighted by Gasteiger charge is -2.36. The number of carbonyl (C=O) groups excluding carboxylic acids is 1. The van der Waals surface area contributed by atoms with Crippen LogP contribution in [0, 0.1) is 5.82 Å². The first kappa shape index (κ1) is 18.0. The third-order valence-electron chi connectivity index (χ3n) is 4.66. The van der Waals surface area contributed by atoms with E-state index in [4.69, 9.17) is 9.47 Å². The topological polar surface area (TPSA) is 42.0 Å². The quantitative estimate of drug-likeness (QED) is 0.824. The first-order chi connectivity index (χ1) is 12.6. The van der Waals surface area contributed by atoms with Crippen molar-refractivity contribution in [3.8, 4) is 11.5 Å². The Morgan fingerprint density at radius 2 is 1.77 bits per heavy atom. The summed E-state index contributed by atoms with van der Waals surface area (Å²) in [7, 11) is 3.25. The van der Waals surface area contributed by atoms with Gasteiger partial charge in [-0.05, 0) is 23.8 Å². The fourth-order valence-electron chi connectivity index (χ4n) is 3.16. The molecule has 1 aliphatic heterocycles. The zero-order chi connectivity index (χ0) is 18.5. The summed E-state index contributed by atoms with van der Waals surface area (Å²) in [6.07, 6.45) is 0.0958. The zero-order valence-corrected chi connectivity index (χ0v) is 15.1. The van der Waals surface area contributed by atoms with Crippen LogP contribution in [0.3, 0.4) is 0 Å². The summed E-state index contributed by atoms with van der Waals surface area (Å²) in [6, 6.07) is 12.1. The summed E-state index contributed by atoms with van der Waals surface area (Å²) in [5.74, 6) is 1.11. The molecule has 0 atom stereocenters. The molecule has 26 heavy (non-hydrogen) atoms. The fraction of sp³-hybridized carbons (Fsp3) is 0.350. The molecule has 0 N–H and O–H groups in total. The van der Waals surface area contributed by atoms with Crippen molar-refractivity contribution in [3.05, 3.63) is 53.8 Å². The SMILES string of the molecule is COc1ccc(N2CCN(C(=O)Cc3ccccc3F)CC2)c(OC)c1. The summed E-state index contributed by atoms with van der Waals surface area (Å²) in [5, 5.41) is 0. The smallest absolute Gasteiger partial charge is 0.227 e. The summed E-state index contributed by atoms with van der Waals surface area (Å²) in [5.41, 5.74) is 1.42. The Morgan fingerprint density at radius 3 is 2.42 bits per heavy atom. The standard InChI is InChI=1S/C20H23FN2O3/c1-25-16-7-8-18(19(14-16)26-2)22-9-11-23(12-10-22)20(24)13-15-5-3-4-6-17(15)21/h3-8,14H,9-13H2,1-2H3. The van der Waals surface area contributed by atoms with E-state index >= 15 is 0 Å². The third-order valence-corrected chi connectivity index (χ3v) is 4.66. The van der Waals surface area contributed by atoms with Gasteiger partial charge in [0.05, 0.1) is 26.3 Å². The minimum atomic E-state index is -0.331. The monoisotopic (exact) mass is 358 g/mol. The van der Waals surface area contributed by atoms with Crippen molar-refractivity contribution in [3.63, 3.8) is 0 Å². The predicted octanol–water partition coefficient (Wildman–Crippen LogP) is 2.73. The van der Waals surface area contributed by atoms with E-state index in [1.807, 2.05) is 18.2 Å². The molecule has 1 fully saturated rings. The van der Waals surface area contributed by atoms with Crippen molar-refractivity contribution < 1.29 is 18.7 Å². The zero-order valence-electron chi connectivity index (χ0n) is 15.1. The Morgan fingerprint density at radius 1 is 1.04 bits per heavy atom. The molecule has 2 aromatic carbocycles. The van der Waals surface area contributed by atoms with Crippen molar-refractivity contribution in [2.75, 3.05) is 45.3 Å². The Kier molecular flexibility index (Phi) is 5.61. The molecule has 0 saturated carbocycles. The number of nitrogens with zero attached hydrogens (tertiary/aromatic N) is 2. The van der Waals surface area contributed by atoms with Crippen LogP contribution in [-0.2, 0) is 11.2 Å². The minimum Gasteiger partial charge on any atom is -0.497 e. The highest BCUT2D eigenvalue weighted by atomic mass is 19.1. The van der Waals surface area contributed by atoms with Gasteiger partial charge in [-0.1, -0.05) is 18.2 Å². The van der Waals surface area contributed by atoms with Crippen molar-refractivity contribution in [2.24, 2.45) is 0 Å². The van der Waals surface area contributed by atoms with Gasteiger partial charge in [0.1, 0.15) is 17.3 Å². The lowest BCUT2D eigenvalue weighted by Crippen LogP contribution is -2.49. The van der Waals surface area contributed by atoms with Crippen LogP contribution in [0.2, 0.25) is 0 Å². The second kappa shape index (κ2) is 8.08. The van der Waals surface area contributed by atoms with E-state index < -0.39 is 0 Å². The van der Waals surface area contributed by atoms with Crippen molar-refractivity contribution in [2.45, 2.75) is 6.42 Å². The van der Waals surface area contributed by atoms with Crippen LogP contribution in [-0.4, -0.2) is 51.2 Å². The Bertz CT molecular complexity index is 773. The van der Waals surface area contributed by atoms with Gasteiger partial charge < -0.3 is 19.3 Å². The summed E-state index contributed by atoms with van der Waals surface area (Å²) >= 11 is 0. The van der Waals surface area contributed by atoms with E-state index in [-0.39, 0.29) is 18.1 Å². The molecule has 0 aromatic heterocycles. The lowest BCUT2D eigenvalue weighted by molar-refractivity contribution is -0.130. The van der Waals surface area contributed by atoms with Crippen LogP contribution in [0.15, 0.2) is 42.5 Å². The van der Waals surface area contributed by atoms with E-state index in [0.717, 1.165) is 17.2 Å². The molecule has 1 aliphatic rings. The second-order valence-corrected chi connectivity index (χ2v) is 6.17. The van der Waals surface area contributed by atoms with E-state index in [1.54, 1.807) is 37.3 Å². The maximum atomic E-state index is 13.7. The van der Waals surface area contributed by atoms with Crippen molar-refractivity contribution in [1.29, 1.82) is 0 Å². The van der Waals surface area contributed by atoms with Gasteiger partial charge in [0.25, 0.3) is 0 Å². The number of benzene rings is 2. The summed E-state index contributed by atoms with van der Waals surface area (Å²) in [4.78, 5) is 16.4. The molecular formula is C20H23FN2O3. The molecule has 0 unspecified atom stereocenters. The molecule has 3 rings (SSSR count). The van der Waals surface area contributed by atoms with Gasteiger partial charge in [-0.2, -0.15) is 0 Å². The molecule has 5 nitrogen and oxygen atoms in total. The second-order valence-electron chi connectivity index (χ2n) is 6.17. The number of carbonyl (C=O) groups is 1. The van der Waals surface area contributed by atoms with Gasteiger partial charge in [-0.15, -0.1) is 0 Å². The molecule has 0 bridgehead atoms. The molecule has 0 spiro atoms. The highest BCUT2D eigenvalue weighted by molar-refractivity contribution is 5.79. The molecule has 1 heterocycles. The first-order valence-electron chi connectivity index (χ1n) is 8.60. The number of piperazine rings is 1. The van der Waals surface area contributed by atoms with E-state index in [1.165, 1.54) is 6.07 Å². The van der Waals surface area contributed by atoms with E-state index in [0.29, 0.717) is 31.7 Å². The van der Waals surface area contributed by atoms with E-state index in [9.17, 15) is 9.18 Å². The maximum absolute atomic E-state index is 13.7. The van der Waals surface area contributed by atoms with Crippen LogP contribution in [0.1, 0.15) is 5.56 Å². The summed E-state index contributed by atoms with van der Waals surface area (Å²) in [6.45, 7) is 2.60. The number of rotatable bonds is 5. The number of hydrogen-bond donors (Lipinski definition) is 0. The normalized spacial score (nSPS) is 14.3. The maximum Gasteiger partial charge on any atom is 0.227 e. The van der Waals surface area contributed by atoms with E-state index in [2.05, 4.69) is 4.90 Å². The molecule has 6 heteroatoms. The van der Waals surface area contributed by atoms with Crippen molar-refractivity contribution in [1.82, 2.24) is 4.90 Å². The molecule has 0 aliphatic carbocycles. The van der Waals surface area contributed by atoms with Crippen LogP contribution in [0.4, 0.5) is 10.1 Å². The number of methoxy groups -OCH3 is 2. The number of amides is 1. The minimum absolute atomic E-state index is 0.0450. The predicted molar refractivity (Wildman–Crippen MR) is 98.4 cm³/mol. The molecule has 0 radical (unpaired) electrons. The van der Waals surface area contributed by atoms with Gasteiger partial charge in [-0.25, -0.2) is 4.39 Å². The highest BCUT2D eigenvalue weighted by Crippen LogP contribution is 2.32. The average Bonchev–Trinajstić information content (AvgIpc) is 2.69. The van der Waals surface area contributed by atoms with Gasteiger partial charge in [0, 0.05) is 32.2 Å². The molecule has 1 saturated heterocycles. The number of anilines is 1. The molecular weight excluding hydrogens is 335 g/mol. The molecule has 1 amide bonds. The first-order valence-corrected chi connectivity index (χ1v) is 8.60. The summed E-state index contributed by atoms with van der Waals surface area (Å²) < 4.78 is 24.4.